The minimum Gasteiger partial charge on any atom is -0.359 e. The van der Waals surface area contributed by atoms with Crippen LogP contribution in [0.25, 0.3) is 27.7 Å². The Morgan fingerprint density at radius 1 is 1.08 bits per heavy atom. The number of halogens is 2. The molecular formula is C32H34F2N4. The summed E-state index contributed by atoms with van der Waals surface area (Å²) in [6.07, 6.45) is 14.7. The van der Waals surface area contributed by atoms with Crippen molar-refractivity contribution in [3.63, 3.8) is 0 Å². The van der Waals surface area contributed by atoms with E-state index in [1.165, 1.54) is 11.6 Å². The number of hydrogen-bond acceptors (Lipinski definition) is 3. The Hall–Kier alpha value is -4.32. The molecule has 0 aliphatic heterocycles. The first-order valence-corrected chi connectivity index (χ1v) is 12.3. The number of nitrogens with one attached hydrogen (secondary N) is 2. The predicted molar refractivity (Wildman–Crippen MR) is 156 cm³/mol. The van der Waals surface area contributed by atoms with Gasteiger partial charge in [-0.2, -0.15) is 0 Å². The van der Waals surface area contributed by atoms with Crippen LogP contribution >= 0.6 is 0 Å². The van der Waals surface area contributed by atoms with E-state index in [0.717, 1.165) is 46.0 Å². The van der Waals surface area contributed by atoms with Crippen LogP contribution in [0.4, 0.5) is 8.78 Å². The largest absolute Gasteiger partial charge is 0.359 e. The van der Waals surface area contributed by atoms with Gasteiger partial charge in [-0.1, -0.05) is 55.7 Å². The Morgan fingerprint density at radius 3 is 2.42 bits per heavy atom. The molecule has 0 saturated heterocycles. The number of aromatic nitrogens is 3. The van der Waals surface area contributed by atoms with Crippen molar-refractivity contribution >= 4 is 16.6 Å². The van der Waals surface area contributed by atoms with Gasteiger partial charge in [0.15, 0.2) is 0 Å². The normalized spacial score (nSPS) is 12.6. The summed E-state index contributed by atoms with van der Waals surface area (Å²) in [4.78, 5) is 12.6. The van der Waals surface area contributed by atoms with Crippen molar-refractivity contribution < 1.29 is 8.78 Å². The number of pyridine rings is 2. The molecule has 0 amide bonds. The molecule has 0 aliphatic rings. The van der Waals surface area contributed by atoms with E-state index in [1.807, 2.05) is 31.3 Å². The lowest BCUT2D eigenvalue weighted by Crippen LogP contribution is -2.16. The highest BCUT2D eigenvalue weighted by Gasteiger charge is 2.24. The van der Waals surface area contributed by atoms with Gasteiger partial charge < -0.3 is 10.3 Å². The minimum atomic E-state index is -3.00. The zero-order chi connectivity index (χ0) is 27.9. The molecule has 0 atom stereocenters. The summed E-state index contributed by atoms with van der Waals surface area (Å²) < 4.78 is 27.1. The summed E-state index contributed by atoms with van der Waals surface area (Å²) in [5.41, 5.74) is 7.54. The van der Waals surface area contributed by atoms with E-state index in [9.17, 15) is 8.78 Å². The number of alkyl halides is 2. The van der Waals surface area contributed by atoms with Crippen LogP contribution in [0.5, 0.6) is 0 Å². The highest BCUT2D eigenvalue weighted by Crippen LogP contribution is 2.27. The molecule has 2 N–H and O–H groups in total. The third-order valence-electron chi connectivity index (χ3n) is 5.64. The lowest BCUT2D eigenvalue weighted by atomic mass is 10.1. The van der Waals surface area contributed by atoms with Crippen molar-refractivity contribution in [3.8, 4) is 11.1 Å². The van der Waals surface area contributed by atoms with Gasteiger partial charge in [-0.15, -0.1) is 0 Å². The Morgan fingerprint density at radius 2 is 1.82 bits per heavy atom. The molecule has 3 aromatic rings. The molecule has 0 fully saturated rings. The molecule has 0 aliphatic carbocycles. The summed E-state index contributed by atoms with van der Waals surface area (Å²) in [7, 11) is 0. The monoisotopic (exact) mass is 512 g/mol. The van der Waals surface area contributed by atoms with Crippen LogP contribution < -0.4 is 5.32 Å². The van der Waals surface area contributed by atoms with Crippen LogP contribution in [0.3, 0.4) is 0 Å². The number of hydrogen-bond donors (Lipinski definition) is 2. The van der Waals surface area contributed by atoms with E-state index in [2.05, 4.69) is 72.1 Å². The number of fused-ring (bicyclic) bond motifs is 1. The fraction of sp³-hybridized carbons (Fsp3) is 0.188. The van der Waals surface area contributed by atoms with Gasteiger partial charge in [-0.25, -0.2) is 13.8 Å². The lowest BCUT2D eigenvalue weighted by Gasteiger charge is -2.14. The van der Waals surface area contributed by atoms with Crippen LogP contribution in [-0.4, -0.2) is 20.9 Å². The molecule has 4 nitrogen and oxygen atoms in total. The smallest absolute Gasteiger partial charge is 0.270 e. The van der Waals surface area contributed by atoms with Crippen LogP contribution in [0, 0.1) is 0 Å². The summed E-state index contributed by atoms with van der Waals surface area (Å²) in [6.45, 7) is 18.1. The fourth-order valence-corrected chi connectivity index (χ4v) is 3.77. The van der Waals surface area contributed by atoms with Gasteiger partial charge in [0.1, 0.15) is 5.65 Å². The zero-order valence-electron chi connectivity index (χ0n) is 22.4. The molecule has 3 heterocycles. The van der Waals surface area contributed by atoms with E-state index in [0.29, 0.717) is 17.8 Å². The molecule has 196 valence electrons. The first-order chi connectivity index (χ1) is 18.0. The fourth-order valence-electron chi connectivity index (χ4n) is 3.77. The van der Waals surface area contributed by atoms with Crippen molar-refractivity contribution in [3.05, 3.63) is 127 Å². The van der Waals surface area contributed by atoms with Gasteiger partial charge in [0, 0.05) is 70.6 Å². The average Bonchev–Trinajstić information content (AvgIpc) is 3.27. The number of H-pyrrole nitrogens is 1. The maximum absolute atomic E-state index is 13.5. The molecule has 0 aromatic carbocycles. The minimum absolute atomic E-state index is 0.279. The number of aromatic amines is 1. The van der Waals surface area contributed by atoms with E-state index >= 15 is 0 Å². The number of allylic oxidation sites excluding steroid dienone is 10. The van der Waals surface area contributed by atoms with Gasteiger partial charge in [-0.3, -0.25) is 4.98 Å². The maximum Gasteiger partial charge on any atom is 0.270 e. The Kier molecular flexibility index (Phi) is 9.13. The van der Waals surface area contributed by atoms with E-state index in [-0.39, 0.29) is 5.57 Å². The molecule has 38 heavy (non-hydrogen) atoms. The van der Waals surface area contributed by atoms with Crippen LogP contribution in [0.15, 0.2) is 115 Å². The molecule has 0 unspecified atom stereocenters. The molecule has 3 aromatic heterocycles. The summed E-state index contributed by atoms with van der Waals surface area (Å²) in [5.74, 6) is -3.00. The van der Waals surface area contributed by atoms with Crippen LogP contribution in [-0.2, 0) is 6.42 Å². The van der Waals surface area contributed by atoms with E-state index in [4.69, 9.17) is 0 Å². The first kappa shape index (κ1) is 28.3. The highest BCUT2D eigenvalue weighted by molar-refractivity contribution is 5.87. The summed E-state index contributed by atoms with van der Waals surface area (Å²) in [6, 6.07) is 8.07. The van der Waals surface area contributed by atoms with Gasteiger partial charge in [0.25, 0.3) is 5.92 Å². The Labute approximate surface area is 223 Å². The third-order valence-corrected chi connectivity index (χ3v) is 5.64. The number of nitrogens with zero attached hydrogens (tertiary/aromatic N) is 2. The van der Waals surface area contributed by atoms with Gasteiger partial charge in [-0.05, 0) is 56.7 Å². The molecule has 3 rings (SSSR count). The van der Waals surface area contributed by atoms with Gasteiger partial charge >= 0.3 is 0 Å². The van der Waals surface area contributed by atoms with Crippen molar-refractivity contribution in [2.75, 3.05) is 0 Å². The second kappa shape index (κ2) is 12.3. The zero-order valence-corrected chi connectivity index (χ0v) is 22.4. The Bertz CT molecular complexity index is 1460. The van der Waals surface area contributed by atoms with Crippen molar-refractivity contribution in [2.24, 2.45) is 0 Å². The second-order valence-electron chi connectivity index (χ2n) is 9.38. The van der Waals surface area contributed by atoms with E-state index < -0.39 is 5.92 Å². The van der Waals surface area contributed by atoms with Gasteiger partial charge in [0.05, 0.1) is 0 Å². The quantitative estimate of drug-likeness (QED) is 0.253. The highest BCUT2D eigenvalue weighted by atomic mass is 19.3. The molecule has 0 saturated carbocycles. The average molecular weight is 513 g/mol. The third kappa shape index (κ3) is 7.59. The summed E-state index contributed by atoms with van der Waals surface area (Å²) in [5, 5.41) is 4.08. The molecule has 0 radical (unpaired) electrons. The summed E-state index contributed by atoms with van der Waals surface area (Å²) >= 11 is 0. The molecular weight excluding hydrogens is 478 g/mol. The van der Waals surface area contributed by atoms with Crippen molar-refractivity contribution in [1.29, 1.82) is 0 Å². The first-order valence-electron chi connectivity index (χ1n) is 12.3. The van der Waals surface area contributed by atoms with Crippen molar-refractivity contribution in [2.45, 2.75) is 40.0 Å². The topological polar surface area (TPSA) is 53.6 Å². The van der Waals surface area contributed by atoms with Gasteiger partial charge in [0.2, 0.25) is 0 Å². The Balaban J connectivity index is 1.76. The molecule has 0 spiro atoms. The standard InChI is InChI=1S/C32H34F2N4/c1-8-10-24(14-21(3)4)30-18-26-17-27(20-36-31(26)38-30)25-12-13-28(35-19-25)16-23(6)37-29(11-9-2)15-22(5)32(7,33)34/h8-15,17-20,37H,1,5-6,16H2,2-4,7H3,(H,36,38)/b11-9-,24-10+,29-15+. The van der Waals surface area contributed by atoms with Crippen LogP contribution in [0.2, 0.25) is 0 Å². The lowest BCUT2D eigenvalue weighted by molar-refractivity contribution is 0.0679. The second-order valence-corrected chi connectivity index (χ2v) is 9.38. The molecule has 0 bridgehead atoms. The van der Waals surface area contributed by atoms with Crippen LogP contribution in [0.1, 0.15) is 39.1 Å². The van der Waals surface area contributed by atoms with Crippen molar-refractivity contribution in [1.82, 2.24) is 20.3 Å². The number of rotatable bonds is 11. The predicted octanol–water partition coefficient (Wildman–Crippen LogP) is 8.48. The van der Waals surface area contributed by atoms with E-state index in [1.54, 1.807) is 24.4 Å². The SMILES string of the molecule is C=C/C=C(\C=C(C)C)c1cc2cc(-c3ccc(CC(=C)NC(/C=C\C)=C/C(=C)C(C)(F)F)nc3)cnc2[nH]1. The maximum atomic E-state index is 13.5. The molecule has 6 heteroatoms.